The average Bonchev–Trinajstić information content (AvgIpc) is 2.62. The van der Waals surface area contributed by atoms with E-state index in [4.69, 9.17) is 4.98 Å². The van der Waals surface area contributed by atoms with E-state index in [1.165, 1.54) is 0 Å². The van der Waals surface area contributed by atoms with Crippen LogP contribution in [0.1, 0.15) is 50.8 Å². The number of hydrogen-bond acceptors (Lipinski definition) is 3. The maximum atomic E-state index is 11.4. The summed E-state index contributed by atoms with van der Waals surface area (Å²) in [5, 5.41) is 10.5. The summed E-state index contributed by atoms with van der Waals surface area (Å²) in [6.07, 6.45) is 5.05. The third-order valence-corrected chi connectivity index (χ3v) is 5.04. The van der Waals surface area contributed by atoms with Crippen LogP contribution in [0.15, 0.2) is 36.4 Å². The van der Waals surface area contributed by atoms with E-state index in [-0.39, 0.29) is 12.0 Å². The predicted molar refractivity (Wildman–Crippen MR) is 95.9 cm³/mol. The number of likely N-dealkylation sites (tertiary alicyclic amines) is 1. The molecule has 1 fully saturated rings. The summed E-state index contributed by atoms with van der Waals surface area (Å²) in [7, 11) is 0. The largest absolute Gasteiger partial charge is 0.481 e. The molecule has 2 unspecified atom stereocenters. The molecular formula is C20H26N2O2. The number of nitrogens with zero attached hydrogens (tertiary/aromatic N) is 2. The molecule has 2 aromatic rings. The van der Waals surface area contributed by atoms with Crippen LogP contribution < -0.4 is 0 Å². The second-order valence-electron chi connectivity index (χ2n) is 6.76. The van der Waals surface area contributed by atoms with Crippen molar-refractivity contribution in [3.8, 4) is 0 Å². The fourth-order valence-corrected chi connectivity index (χ4v) is 3.67. The molecule has 1 N–H and O–H groups in total. The molecule has 0 radical (unpaired) electrons. The highest BCUT2D eigenvalue weighted by molar-refractivity contribution is 5.78. The Labute approximate surface area is 143 Å². The second kappa shape index (κ2) is 7.75. The summed E-state index contributed by atoms with van der Waals surface area (Å²) in [6, 6.07) is 12.6. The Bertz CT molecular complexity index is 701. The number of pyridine rings is 1. The van der Waals surface area contributed by atoms with Crippen LogP contribution in [0.2, 0.25) is 0 Å². The third-order valence-electron chi connectivity index (χ3n) is 5.04. The molecule has 1 aromatic carbocycles. The Morgan fingerprint density at radius 1 is 1.33 bits per heavy atom. The van der Waals surface area contributed by atoms with Crippen molar-refractivity contribution in [3.63, 3.8) is 0 Å². The van der Waals surface area contributed by atoms with Gasteiger partial charge in [0, 0.05) is 11.9 Å². The molecule has 24 heavy (non-hydrogen) atoms. The number of hydrogen-bond donors (Lipinski definition) is 1. The smallest absolute Gasteiger partial charge is 0.307 e. The number of carboxylic acid groups (broad SMARTS) is 1. The molecule has 128 valence electrons. The second-order valence-corrected chi connectivity index (χ2v) is 6.76. The number of carbonyl (C=O) groups is 1. The fourth-order valence-electron chi connectivity index (χ4n) is 3.67. The number of fused-ring (bicyclic) bond motifs is 1. The molecule has 3 rings (SSSR count). The average molecular weight is 326 g/mol. The van der Waals surface area contributed by atoms with Gasteiger partial charge in [-0.3, -0.25) is 14.7 Å². The number of para-hydroxylation sites is 1. The van der Waals surface area contributed by atoms with E-state index in [0.717, 1.165) is 55.2 Å². The van der Waals surface area contributed by atoms with E-state index in [0.29, 0.717) is 6.54 Å². The summed E-state index contributed by atoms with van der Waals surface area (Å²) in [5.74, 6) is -0.913. The summed E-state index contributed by atoms with van der Waals surface area (Å²) in [6.45, 7) is 3.80. The molecule has 4 heteroatoms. The minimum Gasteiger partial charge on any atom is -0.481 e. The van der Waals surface area contributed by atoms with Crippen LogP contribution in [0.4, 0.5) is 0 Å². The normalized spacial score (nSPS) is 20.1. The molecule has 0 spiro atoms. The van der Waals surface area contributed by atoms with Crippen LogP contribution in [0.25, 0.3) is 10.9 Å². The van der Waals surface area contributed by atoms with Gasteiger partial charge in [-0.25, -0.2) is 0 Å². The van der Waals surface area contributed by atoms with Gasteiger partial charge in [-0.2, -0.15) is 0 Å². The van der Waals surface area contributed by atoms with Gasteiger partial charge >= 0.3 is 5.97 Å². The first-order valence-corrected chi connectivity index (χ1v) is 9.01. The van der Waals surface area contributed by atoms with Gasteiger partial charge in [0.1, 0.15) is 0 Å². The Morgan fingerprint density at radius 3 is 2.96 bits per heavy atom. The van der Waals surface area contributed by atoms with E-state index in [2.05, 4.69) is 30.0 Å². The Balaban J connectivity index is 1.88. The van der Waals surface area contributed by atoms with E-state index in [1.807, 2.05) is 18.2 Å². The third kappa shape index (κ3) is 3.75. The first kappa shape index (κ1) is 16.9. The van der Waals surface area contributed by atoms with Crippen molar-refractivity contribution < 1.29 is 9.90 Å². The zero-order valence-corrected chi connectivity index (χ0v) is 14.3. The molecular weight excluding hydrogens is 300 g/mol. The van der Waals surface area contributed by atoms with E-state index < -0.39 is 5.97 Å². The number of rotatable bonds is 6. The monoisotopic (exact) mass is 326 g/mol. The predicted octanol–water partition coefficient (Wildman–Crippen LogP) is 4.26. The maximum absolute atomic E-state index is 11.4. The molecule has 0 aliphatic carbocycles. The minimum atomic E-state index is -0.666. The highest BCUT2D eigenvalue weighted by atomic mass is 16.4. The molecule has 1 aliphatic rings. The molecule has 0 saturated carbocycles. The lowest BCUT2D eigenvalue weighted by atomic mass is 9.94. The standard InChI is InChI=1S/C20H26N2O2/c1-2-3-10-19(22-13-6-8-16(14-22)20(23)24)18-12-11-15-7-4-5-9-17(15)21-18/h4-5,7,9,11-12,16,19H,2-3,6,8,10,13-14H2,1H3,(H,23,24). The Hall–Kier alpha value is -1.94. The summed E-state index contributed by atoms with van der Waals surface area (Å²) in [4.78, 5) is 18.6. The Kier molecular flexibility index (Phi) is 5.46. The number of benzene rings is 1. The lowest BCUT2D eigenvalue weighted by Crippen LogP contribution is -2.41. The highest BCUT2D eigenvalue weighted by Crippen LogP contribution is 2.31. The summed E-state index contributed by atoms with van der Waals surface area (Å²) in [5.41, 5.74) is 2.09. The van der Waals surface area contributed by atoms with E-state index in [9.17, 15) is 9.90 Å². The van der Waals surface area contributed by atoms with Gasteiger partial charge in [-0.15, -0.1) is 0 Å². The van der Waals surface area contributed by atoms with Crippen LogP contribution in [0.5, 0.6) is 0 Å². The van der Waals surface area contributed by atoms with Crippen LogP contribution in [0.3, 0.4) is 0 Å². The molecule has 1 saturated heterocycles. The zero-order valence-electron chi connectivity index (χ0n) is 14.3. The van der Waals surface area contributed by atoms with Crippen molar-refractivity contribution in [2.45, 2.75) is 45.1 Å². The molecule has 0 bridgehead atoms. The van der Waals surface area contributed by atoms with Gasteiger partial charge < -0.3 is 5.11 Å². The van der Waals surface area contributed by atoms with Crippen molar-refractivity contribution in [1.29, 1.82) is 0 Å². The zero-order chi connectivity index (χ0) is 16.9. The quantitative estimate of drug-likeness (QED) is 0.861. The minimum absolute atomic E-state index is 0.219. The van der Waals surface area contributed by atoms with Crippen molar-refractivity contribution in [1.82, 2.24) is 9.88 Å². The van der Waals surface area contributed by atoms with Gasteiger partial charge in [-0.1, -0.05) is 44.0 Å². The van der Waals surface area contributed by atoms with Crippen molar-refractivity contribution in [2.75, 3.05) is 13.1 Å². The van der Waals surface area contributed by atoms with Crippen molar-refractivity contribution >= 4 is 16.9 Å². The molecule has 1 aromatic heterocycles. The molecule has 0 amide bonds. The highest BCUT2D eigenvalue weighted by Gasteiger charge is 2.30. The van der Waals surface area contributed by atoms with Crippen molar-refractivity contribution in [2.24, 2.45) is 5.92 Å². The maximum Gasteiger partial charge on any atom is 0.307 e. The number of piperidine rings is 1. The van der Waals surface area contributed by atoms with Crippen LogP contribution in [-0.4, -0.2) is 34.0 Å². The summed E-state index contributed by atoms with van der Waals surface area (Å²) < 4.78 is 0. The summed E-state index contributed by atoms with van der Waals surface area (Å²) >= 11 is 0. The lowest BCUT2D eigenvalue weighted by Gasteiger charge is -2.37. The van der Waals surface area contributed by atoms with Gasteiger partial charge in [-0.05, 0) is 37.9 Å². The number of aliphatic carboxylic acids is 1. The van der Waals surface area contributed by atoms with Gasteiger partial charge in [0.2, 0.25) is 0 Å². The molecule has 4 nitrogen and oxygen atoms in total. The molecule has 2 atom stereocenters. The van der Waals surface area contributed by atoms with Crippen LogP contribution in [-0.2, 0) is 4.79 Å². The van der Waals surface area contributed by atoms with Crippen LogP contribution >= 0.6 is 0 Å². The first-order chi connectivity index (χ1) is 11.7. The van der Waals surface area contributed by atoms with Crippen LogP contribution in [0, 0.1) is 5.92 Å². The molecule has 2 heterocycles. The van der Waals surface area contributed by atoms with E-state index in [1.54, 1.807) is 0 Å². The number of carboxylic acids is 1. The Morgan fingerprint density at radius 2 is 2.17 bits per heavy atom. The van der Waals surface area contributed by atoms with Gasteiger partial charge in [0.05, 0.1) is 23.2 Å². The number of aromatic nitrogens is 1. The lowest BCUT2D eigenvalue weighted by molar-refractivity contribution is -0.144. The van der Waals surface area contributed by atoms with Gasteiger partial charge in [0.25, 0.3) is 0 Å². The topological polar surface area (TPSA) is 53.4 Å². The SMILES string of the molecule is CCCCC(c1ccc2ccccc2n1)N1CCCC(C(=O)O)C1. The number of unbranched alkanes of at least 4 members (excludes halogenated alkanes) is 1. The van der Waals surface area contributed by atoms with E-state index >= 15 is 0 Å². The van der Waals surface area contributed by atoms with Crippen molar-refractivity contribution in [3.05, 3.63) is 42.1 Å². The van der Waals surface area contributed by atoms with Gasteiger partial charge in [0.15, 0.2) is 0 Å². The fraction of sp³-hybridized carbons (Fsp3) is 0.500. The molecule has 1 aliphatic heterocycles. The first-order valence-electron chi connectivity index (χ1n) is 9.01.